The van der Waals surface area contributed by atoms with E-state index < -0.39 is 64.9 Å². The SMILES string of the molecule is COP(=O)(O)O[C@@H]1[C@H]2C[C@@](C)([C@@H](C)C(C)C)C[C@@H](C)[C@@H]2[C@@]2(C)CC[C@H]3[C@@H]([C@@H](O)[C@@H](O)C4[C@](O)(CS(=O)(=O)O)CC[C@@]43C)[C@H]12. The van der Waals surface area contributed by atoms with E-state index in [0.29, 0.717) is 30.6 Å². The number of fused-ring (bicyclic) bond motifs is 7. The summed E-state index contributed by atoms with van der Waals surface area (Å²) < 4.78 is 57.8. The number of hydrogen-bond acceptors (Lipinski definition) is 8. The van der Waals surface area contributed by atoms with Gasteiger partial charge in [0.2, 0.25) is 0 Å². The van der Waals surface area contributed by atoms with E-state index in [9.17, 15) is 37.7 Å². The van der Waals surface area contributed by atoms with E-state index in [4.69, 9.17) is 9.05 Å². The maximum Gasteiger partial charge on any atom is 0.472 e. The molecule has 0 aromatic heterocycles. The van der Waals surface area contributed by atoms with Gasteiger partial charge in [0.05, 0.1) is 23.9 Å². The first-order valence-corrected chi connectivity index (χ1v) is 19.3. The maximum atomic E-state index is 13.1. The highest BCUT2D eigenvalue weighted by Crippen LogP contribution is 2.74. The van der Waals surface area contributed by atoms with Crippen LogP contribution in [-0.4, -0.2) is 70.0 Å². The zero-order valence-electron chi connectivity index (χ0n) is 27.0. The number of phosphoric acid groups is 1. The molecule has 0 aliphatic heterocycles. The first-order chi connectivity index (χ1) is 19.6. The number of hydrogen-bond donors (Lipinski definition) is 5. The van der Waals surface area contributed by atoms with Crippen molar-refractivity contribution < 1.29 is 46.8 Å². The minimum absolute atomic E-state index is 0.0222. The van der Waals surface area contributed by atoms with E-state index in [1.807, 2.05) is 6.92 Å². The fraction of sp³-hybridized carbons (Fsp3) is 1.00. The van der Waals surface area contributed by atoms with E-state index in [2.05, 4.69) is 41.5 Å². The number of aliphatic hydroxyl groups is 3. The highest BCUT2D eigenvalue weighted by atomic mass is 32.2. The Balaban J connectivity index is 1.61. The summed E-state index contributed by atoms with van der Waals surface area (Å²) in [6, 6.07) is 0. The first-order valence-electron chi connectivity index (χ1n) is 16.2. The number of phosphoric ester groups is 1. The van der Waals surface area contributed by atoms with Gasteiger partial charge in [-0.05, 0) is 102 Å². The molecule has 12 heteroatoms. The summed E-state index contributed by atoms with van der Waals surface area (Å²) in [5, 5.41) is 35.3. The Hall–Kier alpha value is -0.100. The van der Waals surface area contributed by atoms with Crippen molar-refractivity contribution >= 4 is 17.9 Å². The summed E-state index contributed by atoms with van der Waals surface area (Å²) in [5.74, 6) is -1.66. The van der Waals surface area contributed by atoms with Gasteiger partial charge >= 0.3 is 7.82 Å². The highest BCUT2D eigenvalue weighted by Gasteiger charge is 2.74. The van der Waals surface area contributed by atoms with Crippen LogP contribution in [0.25, 0.3) is 0 Å². The van der Waals surface area contributed by atoms with Crippen LogP contribution in [0.3, 0.4) is 0 Å². The Kier molecular flexibility index (Phi) is 8.53. The lowest BCUT2D eigenvalue weighted by molar-refractivity contribution is -0.227. The largest absolute Gasteiger partial charge is 0.472 e. The van der Waals surface area contributed by atoms with Gasteiger partial charge < -0.3 is 20.2 Å². The van der Waals surface area contributed by atoms with E-state index in [0.717, 1.165) is 26.4 Å². The standard InChI is InChI=1S/C31H55O10PS/c1-16(2)18(4)28(5)13-17(3)22-19(14-28)26(41-42(35,36)40-8)23-21-20(9-10-30(22,23)7)29(6)11-12-31(34,15-43(37,38)39)27(29)25(33)24(21)32/h16-27,32-34H,9-15H2,1-8H3,(H,35,36)(H,37,38,39)/t17-,18+,19+,20+,21-,22+,23-,24-,25-,26-,27?,28+,29-,30-,31-/m1/s1. The molecule has 0 aromatic rings. The lowest BCUT2D eigenvalue weighted by Crippen LogP contribution is -2.66. The second kappa shape index (κ2) is 10.7. The van der Waals surface area contributed by atoms with Gasteiger partial charge in [-0.2, -0.15) is 8.42 Å². The minimum Gasteiger partial charge on any atom is -0.390 e. The van der Waals surface area contributed by atoms with Crippen molar-refractivity contribution in [1.29, 1.82) is 0 Å². The molecule has 5 N–H and O–H groups in total. The predicted octanol–water partition coefficient (Wildman–Crippen LogP) is 4.51. The zero-order valence-corrected chi connectivity index (χ0v) is 28.7. The van der Waals surface area contributed by atoms with Crippen LogP contribution in [0, 0.1) is 69.5 Å². The average Bonchev–Trinajstić information content (AvgIpc) is 3.27. The van der Waals surface area contributed by atoms with Crippen LogP contribution in [-0.2, 0) is 23.7 Å². The second-order valence-electron chi connectivity index (χ2n) is 16.5. The molecular weight excluding hydrogens is 595 g/mol. The third kappa shape index (κ3) is 5.23. The molecule has 5 aliphatic carbocycles. The molecule has 5 fully saturated rings. The van der Waals surface area contributed by atoms with Crippen molar-refractivity contribution in [2.24, 2.45) is 69.5 Å². The van der Waals surface area contributed by atoms with E-state index >= 15 is 0 Å². The molecule has 250 valence electrons. The lowest BCUT2D eigenvalue weighted by atomic mass is 9.44. The Labute approximate surface area is 257 Å². The Morgan fingerprint density at radius 2 is 1.60 bits per heavy atom. The van der Waals surface area contributed by atoms with Crippen molar-refractivity contribution in [2.75, 3.05) is 12.9 Å². The van der Waals surface area contributed by atoms with Crippen LogP contribution in [0.15, 0.2) is 0 Å². The van der Waals surface area contributed by atoms with E-state index in [1.54, 1.807) is 0 Å². The van der Waals surface area contributed by atoms with Crippen LogP contribution in [0.1, 0.15) is 87.0 Å². The lowest BCUT2D eigenvalue weighted by Gasteiger charge is -2.62. The van der Waals surface area contributed by atoms with Crippen molar-refractivity contribution in [1.82, 2.24) is 0 Å². The average molecular weight is 651 g/mol. The van der Waals surface area contributed by atoms with E-state index in [1.165, 1.54) is 0 Å². The molecule has 0 spiro atoms. The molecule has 5 rings (SSSR count). The fourth-order valence-corrected chi connectivity index (χ4v) is 14.1. The van der Waals surface area contributed by atoms with Crippen molar-refractivity contribution in [3.8, 4) is 0 Å². The number of aliphatic hydroxyl groups excluding tert-OH is 2. The molecule has 0 aromatic carbocycles. The van der Waals surface area contributed by atoms with Crippen LogP contribution >= 0.6 is 7.82 Å². The maximum absolute atomic E-state index is 13.1. The Morgan fingerprint density at radius 1 is 0.977 bits per heavy atom. The first kappa shape index (κ1) is 34.2. The van der Waals surface area contributed by atoms with Gasteiger partial charge in [-0.3, -0.25) is 13.6 Å². The molecule has 5 aliphatic rings. The predicted molar refractivity (Wildman–Crippen MR) is 161 cm³/mol. The second-order valence-corrected chi connectivity index (χ2v) is 19.5. The monoisotopic (exact) mass is 650 g/mol. The summed E-state index contributed by atoms with van der Waals surface area (Å²) in [5.41, 5.74) is -2.97. The highest BCUT2D eigenvalue weighted by molar-refractivity contribution is 7.85. The zero-order chi connectivity index (χ0) is 32.3. The summed E-state index contributed by atoms with van der Waals surface area (Å²) in [6.45, 7) is 15.5. The van der Waals surface area contributed by atoms with Gasteiger partial charge in [-0.25, -0.2) is 4.57 Å². The topological polar surface area (TPSA) is 171 Å². The molecule has 2 unspecified atom stereocenters. The molecule has 0 amide bonds. The van der Waals surface area contributed by atoms with Gasteiger partial charge in [-0.15, -0.1) is 0 Å². The Bertz CT molecular complexity index is 1240. The molecule has 5 saturated carbocycles. The summed E-state index contributed by atoms with van der Waals surface area (Å²) >= 11 is 0. The molecule has 10 nitrogen and oxygen atoms in total. The van der Waals surface area contributed by atoms with Gasteiger partial charge in [0.15, 0.2) is 0 Å². The molecule has 0 bridgehead atoms. The quantitative estimate of drug-likeness (QED) is 0.195. The molecule has 0 radical (unpaired) electrons. The van der Waals surface area contributed by atoms with Crippen molar-refractivity contribution in [2.45, 2.75) is 111 Å². The van der Waals surface area contributed by atoms with Crippen LogP contribution in [0.2, 0.25) is 0 Å². The van der Waals surface area contributed by atoms with Crippen molar-refractivity contribution in [3.05, 3.63) is 0 Å². The van der Waals surface area contributed by atoms with Crippen LogP contribution in [0.5, 0.6) is 0 Å². The van der Waals surface area contributed by atoms with E-state index in [-0.39, 0.29) is 40.9 Å². The fourth-order valence-electron chi connectivity index (χ4n) is 12.4. The smallest absolute Gasteiger partial charge is 0.390 e. The molecular formula is C31H55O10PS. The summed E-state index contributed by atoms with van der Waals surface area (Å²) in [7, 11) is -7.82. The van der Waals surface area contributed by atoms with Crippen LogP contribution in [0.4, 0.5) is 0 Å². The van der Waals surface area contributed by atoms with Gasteiger partial charge in [0, 0.05) is 13.0 Å². The molecule has 16 atom stereocenters. The molecule has 0 heterocycles. The van der Waals surface area contributed by atoms with Gasteiger partial charge in [-0.1, -0.05) is 48.5 Å². The molecule has 0 saturated heterocycles. The third-order valence-corrected chi connectivity index (χ3v) is 15.9. The molecule has 43 heavy (non-hydrogen) atoms. The summed E-state index contributed by atoms with van der Waals surface area (Å²) in [4.78, 5) is 10.7. The number of rotatable bonds is 7. The Morgan fingerprint density at radius 3 is 2.16 bits per heavy atom. The van der Waals surface area contributed by atoms with Gasteiger partial charge in [0.1, 0.15) is 5.75 Å². The van der Waals surface area contributed by atoms with Gasteiger partial charge in [0.25, 0.3) is 10.1 Å². The minimum atomic E-state index is -4.55. The third-order valence-electron chi connectivity index (χ3n) is 14.1. The van der Waals surface area contributed by atoms with Crippen LogP contribution < -0.4 is 0 Å². The summed E-state index contributed by atoms with van der Waals surface area (Å²) in [6.07, 6.45) is 0.363. The normalized spacial score (nSPS) is 53.4. The van der Waals surface area contributed by atoms with Crippen molar-refractivity contribution in [3.63, 3.8) is 0 Å².